The van der Waals surface area contributed by atoms with E-state index in [1.54, 1.807) is 0 Å². The summed E-state index contributed by atoms with van der Waals surface area (Å²) in [6.45, 7) is 11.6. The number of ether oxygens (including phenoxy) is 1. The maximum atomic E-state index is 12.4. The summed E-state index contributed by atoms with van der Waals surface area (Å²) in [5.41, 5.74) is 2.96. The van der Waals surface area contributed by atoms with Crippen molar-refractivity contribution in [3.05, 3.63) is 28.8 Å². The molecule has 116 valence electrons. The molecule has 4 nitrogen and oxygen atoms in total. The molecular formula is C17H26N2O2. The number of rotatable bonds is 6. The second kappa shape index (κ2) is 7.57. The first-order chi connectivity index (χ1) is 10.1. The summed E-state index contributed by atoms with van der Waals surface area (Å²) >= 11 is 0. The highest BCUT2D eigenvalue weighted by Gasteiger charge is 2.16. The zero-order valence-electron chi connectivity index (χ0n) is 13.4. The van der Waals surface area contributed by atoms with Crippen molar-refractivity contribution in [2.75, 3.05) is 39.3 Å². The first-order valence-corrected chi connectivity index (χ1v) is 7.82. The third kappa shape index (κ3) is 4.05. The summed E-state index contributed by atoms with van der Waals surface area (Å²) < 4.78 is 5.58. The first-order valence-electron chi connectivity index (χ1n) is 7.82. The van der Waals surface area contributed by atoms with Gasteiger partial charge in [0.25, 0.3) is 0 Å². The van der Waals surface area contributed by atoms with Crippen LogP contribution in [0.1, 0.15) is 34.8 Å². The largest absolute Gasteiger partial charge is 0.494 e. The average molecular weight is 290 g/mol. The molecule has 0 aromatic heterocycles. The minimum atomic E-state index is 0.234. The highest BCUT2D eigenvalue weighted by atomic mass is 16.5. The van der Waals surface area contributed by atoms with Crippen LogP contribution in [0.3, 0.4) is 0 Å². The van der Waals surface area contributed by atoms with Crippen molar-refractivity contribution in [2.24, 2.45) is 0 Å². The van der Waals surface area contributed by atoms with Crippen LogP contribution < -0.4 is 10.1 Å². The van der Waals surface area contributed by atoms with Crippen LogP contribution >= 0.6 is 0 Å². The highest BCUT2D eigenvalue weighted by Crippen LogP contribution is 2.25. The quantitative estimate of drug-likeness (QED) is 0.815. The first kappa shape index (κ1) is 16.0. The molecule has 0 atom stereocenters. The zero-order chi connectivity index (χ0) is 15.2. The molecule has 0 unspecified atom stereocenters. The molecule has 0 aliphatic carbocycles. The Kier molecular flexibility index (Phi) is 5.76. The standard InChI is InChI=1S/C17H26N2O2/c1-4-21-17-6-5-15(13(2)14(17)3)16(20)7-10-19-11-8-18-9-12-19/h5-6,18H,4,7-12H2,1-3H3. The Labute approximate surface area is 127 Å². The number of hydrogen-bond donors (Lipinski definition) is 1. The van der Waals surface area contributed by atoms with Crippen molar-refractivity contribution in [3.8, 4) is 5.75 Å². The van der Waals surface area contributed by atoms with E-state index < -0.39 is 0 Å². The van der Waals surface area contributed by atoms with Gasteiger partial charge in [0.05, 0.1) is 6.61 Å². The van der Waals surface area contributed by atoms with Crippen molar-refractivity contribution in [3.63, 3.8) is 0 Å². The van der Waals surface area contributed by atoms with Gasteiger partial charge in [-0.1, -0.05) is 0 Å². The van der Waals surface area contributed by atoms with Gasteiger partial charge in [-0.2, -0.15) is 0 Å². The lowest BCUT2D eigenvalue weighted by Crippen LogP contribution is -2.44. The molecule has 1 saturated heterocycles. The van der Waals surface area contributed by atoms with Crippen molar-refractivity contribution in [1.82, 2.24) is 10.2 Å². The van der Waals surface area contributed by atoms with Gasteiger partial charge in [0, 0.05) is 44.7 Å². The number of ketones is 1. The van der Waals surface area contributed by atoms with Crippen LogP contribution in [0.2, 0.25) is 0 Å². The summed E-state index contributed by atoms with van der Waals surface area (Å²) in [6, 6.07) is 3.83. The highest BCUT2D eigenvalue weighted by molar-refractivity contribution is 5.98. The fourth-order valence-electron chi connectivity index (χ4n) is 2.74. The van der Waals surface area contributed by atoms with Gasteiger partial charge in [-0.3, -0.25) is 4.79 Å². The number of benzene rings is 1. The average Bonchev–Trinajstić information content (AvgIpc) is 2.51. The maximum Gasteiger partial charge on any atom is 0.164 e. The van der Waals surface area contributed by atoms with Crippen LogP contribution in [0.4, 0.5) is 0 Å². The summed E-state index contributed by atoms with van der Waals surface area (Å²) in [4.78, 5) is 14.8. The van der Waals surface area contributed by atoms with E-state index in [0.29, 0.717) is 13.0 Å². The van der Waals surface area contributed by atoms with Crippen molar-refractivity contribution in [1.29, 1.82) is 0 Å². The molecule has 4 heteroatoms. The lowest BCUT2D eigenvalue weighted by atomic mass is 9.97. The summed E-state index contributed by atoms with van der Waals surface area (Å²) in [6.07, 6.45) is 0.592. The number of carbonyl (C=O) groups excluding carboxylic acids is 1. The van der Waals surface area contributed by atoms with Crippen LogP contribution in [0, 0.1) is 13.8 Å². The monoisotopic (exact) mass is 290 g/mol. The van der Waals surface area contributed by atoms with E-state index in [4.69, 9.17) is 4.74 Å². The maximum absolute atomic E-state index is 12.4. The Morgan fingerprint density at radius 1 is 1.24 bits per heavy atom. The number of nitrogens with one attached hydrogen (secondary N) is 1. The molecule has 1 aromatic carbocycles. The fraction of sp³-hybridized carbons (Fsp3) is 0.588. The van der Waals surface area contributed by atoms with Gasteiger partial charge in [0.15, 0.2) is 5.78 Å². The molecule has 0 radical (unpaired) electrons. The van der Waals surface area contributed by atoms with Gasteiger partial charge >= 0.3 is 0 Å². The van der Waals surface area contributed by atoms with E-state index in [0.717, 1.165) is 55.2 Å². The van der Waals surface area contributed by atoms with Gasteiger partial charge in [-0.05, 0) is 44.0 Å². The molecule has 0 bridgehead atoms. The minimum Gasteiger partial charge on any atom is -0.494 e. The van der Waals surface area contributed by atoms with Crippen LogP contribution in [-0.2, 0) is 0 Å². The molecule has 1 aliphatic heterocycles. The molecule has 1 aromatic rings. The Morgan fingerprint density at radius 3 is 2.62 bits per heavy atom. The Balaban J connectivity index is 2.00. The Hall–Kier alpha value is -1.39. The molecule has 1 fully saturated rings. The molecule has 2 rings (SSSR count). The predicted molar refractivity (Wildman–Crippen MR) is 85.3 cm³/mol. The topological polar surface area (TPSA) is 41.6 Å². The number of carbonyl (C=O) groups is 1. The molecule has 0 saturated carbocycles. The molecular weight excluding hydrogens is 264 g/mol. The normalized spacial score (nSPS) is 16.0. The van der Waals surface area contributed by atoms with Crippen molar-refractivity contribution in [2.45, 2.75) is 27.2 Å². The van der Waals surface area contributed by atoms with Crippen molar-refractivity contribution < 1.29 is 9.53 Å². The SMILES string of the molecule is CCOc1ccc(C(=O)CCN2CCNCC2)c(C)c1C. The van der Waals surface area contributed by atoms with Crippen LogP contribution in [0.25, 0.3) is 0 Å². The number of piperazine rings is 1. The molecule has 0 spiro atoms. The number of nitrogens with zero attached hydrogens (tertiary/aromatic N) is 1. The van der Waals surface area contributed by atoms with E-state index in [2.05, 4.69) is 10.2 Å². The predicted octanol–water partition coefficient (Wildman–Crippen LogP) is 2.18. The van der Waals surface area contributed by atoms with Gasteiger partial charge < -0.3 is 15.0 Å². The lowest BCUT2D eigenvalue weighted by molar-refractivity contribution is 0.0960. The zero-order valence-corrected chi connectivity index (χ0v) is 13.4. The molecule has 21 heavy (non-hydrogen) atoms. The van der Waals surface area contributed by atoms with Gasteiger partial charge in [-0.25, -0.2) is 0 Å². The Bertz CT molecular complexity index is 494. The van der Waals surface area contributed by atoms with E-state index >= 15 is 0 Å². The van der Waals surface area contributed by atoms with E-state index in [1.165, 1.54) is 0 Å². The van der Waals surface area contributed by atoms with Gasteiger partial charge in [0.1, 0.15) is 5.75 Å². The summed E-state index contributed by atoms with van der Waals surface area (Å²) in [5.74, 6) is 1.12. The second-order valence-corrected chi connectivity index (χ2v) is 5.56. The van der Waals surface area contributed by atoms with Crippen molar-refractivity contribution >= 4 is 5.78 Å². The third-order valence-electron chi connectivity index (χ3n) is 4.20. The van der Waals surface area contributed by atoms with Gasteiger partial charge in [0.2, 0.25) is 0 Å². The minimum absolute atomic E-state index is 0.234. The van der Waals surface area contributed by atoms with E-state index in [1.807, 2.05) is 32.9 Å². The fourth-order valence-corrected chi connectivity index (χ4v) is 2.74. The molecule has 0 amide bonds. The third-order valence-corrected chi connectivity index (χ3v) is 4.20. The number of Topliss-reactive ketones (excluding diaryl/α,β-unsaturated/α-hetero) is 1. The molecule has 1 aliphatic rings. The molecule has 1 heterocycles. The number of hydrogen-bond acceptors (Lipinski definition) is 4. The van der Waals surface area contributed by atoms with E-state index in [-0.39, 0.29) is 5.78 Å². The van der Waals surface area contributed by atoms with Crippen LogP contribution in [0.15, 0.2) is 12.1 Å². The van der Waals surface area contributed by atoms with E-state index in [9.17, 15) is 4.79 Å². The van der Waals surface area contributed by atoms with Crippen LogP contribution in [-0.4, -0.2) is 50.0 Å². The lowest BCUT2D eigenvalue weighted by Gasteiger charge is -2.26. The second-order valence-electron chi connectivity index (χ2n) is 5.56. The smallest absolute Gasteiger partial charge is 0.164 e. The summed E-state index contributed by atoms with van der Waals surface area (Å²) in [7, 11) is 0. The molecule has 1 N–H and O–H groups in total. The van der Waals surface area contributed by atoms with Crippen LogP contribution in [0.5, 0.6) is 5.75 Å². The van der Waals surface area contributed by atoms with Gasteiger partial charge in [-0.15, -0.1) is 0 Å². The summed E-state index contributed by atoms with van der Waals surface area (Å²) in [5, 5.41) is 3.33. The Morgan fingerprint density at radius 2 is 1.95 bits per heavy atom.